The number of rotatable bonds is 7. The lowest BCUT2D eigenvalue weighted by Crippen LogP contribution is -2.46. The number of phenols is 1. The summed E-state index contributed by atoms with van der Waals surface area (Å²) in [5.41, 5.74) is 5.20. The molecule has 2 aromatic rings. The molecule has 0 bridgehead atoms. The maximum absolute atomic E-state index is 13.1. The van der Waals surface area contributed by atoms with Gasteiger partial charge in [0.15, 0.2) is 0 Å². The number of phenolic OH excluding ortho intramolecular Hbond substituents is 1. The fourth-order valence-corrected chi connectivity index (χ4v) is 6.50. The number of hydrogen-bond acceptors (Lipinski definition) is 5. The van der Waals surface area contributed by atoms with Crippen LogP contribution in [0.15, 0.2) is 65.7 Å². The van der Waals surface area contributed by atoms with Crippen molar-refractivity contribution in [2.75, 3.05) is 7.05 Å². The van der Waals surface area contributed by atoms with Gasteiger partial charge in [-0.3, -0.25) is 14.5 Å². The van der Waals surface area contributed by atoms with E-state index in [4.69, 9.17) is 4.65 Å². The molecule has 1 aliphatic carbocycles. The SMILES string of the molecule is CCCC1=C2[C@@H](CC/C(=C/c3ccccc3O)c3ccccc3)OB(O)C[C@@H]2[C@@H]2C(=O)N(C)C(=O)[C@@H]2C1. The molecule has 0 unspecified atom stereocenters. The van der Waals surface area contributed by atoms with Crippen molar-refractivity contribution in [1.82, 2.24) is 4.90 Å². The number of fused-ring (bicyclic) bond motifs is 3. The predicted octanol–water partition coefficient (Wildman–Crippen LogP) is 4.94. The zero-order chi connectivity index (χ0) is 26.1. The topological polar surface area (TPSA) is 87.1 Å². The molecule has 0 saturated carbocycles. The van der Waals surface area contributed by atoms with E-state index in [1.54, 1.807) is 19.2 Å². The number of carbonyl (C=O) groups is 2. The summed E-state index contributed by atoms with van der Waals surface area (Å²) in [5, 5.41) is 21.1. The fourth-order valence-electron chi connectivity index (χ4n) is 6.50. The molecule has 2 N–H and O–H groups in total. The molecule has 0 radical (unpaired) electrons. The molecule has 37 heavy (non-hydrogen) atoms. The van der Waals surface area contributed by atoms with Crippen LogP contribution in [-0.4, -0.2) is 47.1 Å². The molecule has 2 aliphatic heterocycles. The Balaban J connectivity index is 1.48. The molecule has 4 atom stereocenters. The first-order valence-corrected chi connectivity index (χ1v) is 13.3. The summed E-state index contributed by atoms with van der Waals surface area (Å²) in [6.45, 7) is 2.12. The Kier molecular flexibility index (Phi) is 7.36. The van der Waals surface area contributed by atoms with E-state index in [0.29, 0.717) is 25.6 Å². The lowest BCUT2D eigenvalue weighted by molar-refractivity contribution is -0.138. The van der Waals surface area contributed by atoms with E-state index in [9.17, 15) is 19.7 Å². The largest absolute Gasteiger partial charge is 0.507 e. The number of allylic oxidation sites excluding steroid dienone is 2. The standard InChI is InChI=1S/C30H34BNO5/c1-3-9-22-17-23-28(30(35)32(2)29(23)34)24-18-31(36)37-26(27(22)24)15-14-20(19-10-5-4-6-11-19)16-21-12-7-8-13-25(21)33/h4-8,10-13,16,23-24,26,28,33,36H,3,9,14-15,17-18H2,1-2H3/b20-16-/t23-,24+,26-,28-/m1/s1. The van der Waals surface area contributed by atoms with Gasteiger partial charge in [-0.05, 0) is 66.8 Å². The first-order valence-electron chi connectivity index (χ1n) is 13.3. The zero-order valence-corrected chi connectivity index (χ0v) is 21.5. The summed E-state index contributed by atoms with van der Waals surface area (Å²) >= 11 is 0. The van der Waals surface area contributed by atoms with Crippen molar-refractivity contribution in [1.29, 1.82) is 0 Å². The first kappa shape index (κ1) is 25.5. The van der Waals surface area contributed by atoms with Gasteiger partial charge in [-0.15, -0.1) is 0 Å². The molecule has 2 saturated heterocycles. The number of para-hydroxylation sites is 1. The van der Waals surface area contributed by atoms with E-state index in [2.05, 4.69) is 19.1 Å². The molecule has 0 spiro atoms. The monoisotopic (exact) mass is 499 g/mol. The summed E-state index contributed by atoms with van der Waals surface area (Å²) in [4.78, 5) is 27.2. The number of amides is 2. The van der Waals surface area contributed by atoms with Gasteiger partial charge in [0.25, 0.3) is 0 Å². The Labute approximate surface area is 218 Å². The molecule has 6 nitrogen and oxygen atoms in total. The Morgan fingerprint density at radius 1 is 1.08 bits per heavy atom. The Morgan fingerprint density at radius 3 is 2.54 bits per heavy atom. The molecular weight excluding hydrogens is 465 g/mol. The highest BCUT2D eigenvalue weighted by molar-refractivity contribution is 6.43. The van der Waals surface area contributed by atoms with Crippen LogP contribution in [0.1, 0.15) is 50.2 Å². The van der Waals surface area contributed by atoms with Gasteiger partial charge in [0.05, 0.1) is 17.9 Å². The van der Waals surface area contributed by atoms with E-state index in [-0.39, 0.29) is 35.5 Å². The van der Waals surface area contributed by atoms with E-state index in [0.717, 1.165) is 35.1 Å². The van der Waals surface area contributed by atoms with Crippen LogP contribution in [0.25, 0.3) is 11.6 Å². The van der Waals surface area contributed by atoms with Crippen molar-refractivity contribution in [3.63, 3.8) is 0 Å². The molecule has 2 heterocycles. The second-order valence-corrected chi connectivity index (χ2v) is 10.4. The molecule has 7 heteroatoms. The summed E-state index contributed by atoms with van der Waals surface area (Å²) in [7, 11) is 0.599. The highest BCUT2D eigenvalue weighted by Crippen LogP contribution is 2.51. The predicted molar refractivity (Wildman–Crippen MR) is 144 cm³/mol. The van der Waals surface area contributed by atoms with Crippen LogP contribution in [0.2, 0.25) is 6.32 Å². The molecule has 5 rings (SSSR count). The van der Waals surface area contributed by atoms with Crippen molar-refractivity contribution in [3.05, 3.63) is 76.9 Å². The van der Waals surface area contributed by atoms with Crippen molar-refractivity contribution in [2.45, 2.75) is 51.5 Å². The molecule has 2 fully saturated rings. The smallest absolute Gasteiger partial charge is 0.455 e. The molecule has 192 valence electrons. The van der Waals surface area contributed by atoms with Gasteiger partial charge < -0.3 is 14.8 Å². The van der Waals surface area contributed by atoms with Crippen LogP contribution in [0.5, 0.6) is 5.75 Å². The van der Waals surface area contributed by atoms with Gasteiger partial charge >= 0.3 is 7.12 Å². The molecule has 2 aromatic carbocycles. The quantitative estimate of drug-likeness (QED) is 0.244. The fraction of sp³-hybridized carbons (Fsp3) is 0.400. The number of benzene rings is 2. The van der Waals surface area contributed by atoms with Gasteiger partial charge in [-0.25, -0.2) is 0 Å². The molecule has 3 aliphatic rings. The zero-order valence-electron chi connectivity index (χ0n) is 21.5. The number of hydrogen-bond donors (Lipinski definition) is 2. The summed E-state index contributed by atoms with van der Waals surface area (Å²) in [6.07, 6.45) is 5.69. The summed E-state index contributed by atoms with van der Waals surface area (Å²) < 4.78 is 6.14. The summed E-state index contributed by atoms with van der Waals surface area (Å²) in [5.74, 6) is -0.945. The van der Waals surface area contributed by atoms with E-state index < -0.39 is 13.0 Å². The second-order valence-electron chi connectivity index (χ2n) is 10.4. The van der Waals surface area contributed by atoms with Gasteiger partial charge in [0, 0.05) is 12.6 Å². The minimum Gasteiger partial charge on any atom is -0.507 e. The van der Waals surface area contributed by atoms with Crippen LogP contribution in [0.4, 0.5) is 0 Å². The van der Waals surface area contributed by atoms with E-state index in [1.807, 2.05) is 36.4 Å². The number of imide groups is 1. The molecular formula is C30H34BNO5. The minimum atomic E-state index is -0.975. The molecule has 0 aromatic heterocycles. The highest BCUT2D eigenvalue weighted by atomic mass is 16.5. The highest BCUT2D eigenvalue weighted by Gasteiger charge is 2.56. The lowest BCUT2D eigenvalue weighted by atomic mass is 9.58. The Morgan fingerprint density at radius 2 is 1.81 bits per heavy atom. The number of likely N-dealkylation sites (tertiary alicyclic amines) is 1. The maximum atomic E-state index is 13.1. The lowest BCUT2D eigenvalue weighted by Gasteiger charge is -2.43. The van der Waals surface area contributed by atoms with Crippen LogP contribution in [-0.2, 0) is 14.2 Å². The molecule has 2 amide bonds. The maximum Gasteiger partial charge on any atom is 0.455 e. The van der Waals surface area contributed by atoms with Crippen LogP contribution in [0.3, 0.4) is 0 Å². The number of aromatic hydroxyl groups is 1. The third-order valence-electron chi connectivity index (χ3n) is 8.17. The van der Waals surface area contributed by atoms with E-state index in [1.165, 1.54) is 10.5 Å². The van der Waals surface area contributed by atoms with Gasteiger partial charge in [0.1, 0.15) is 5.75 Å². The number of carbonyl (C=O) groups excluding carboxylic acids is 2. The van der Waals surface area contributed by atoms with Crippen molar-refractivity contribution in [2.24, 2.45) is 17.8 Å². The van der Waals surface area contributed by atoms with Gasteiger partial charge in [0.2, 0.25) is 11.8 Å². The van der Waals surface area contributed by atoms with Crippen LogP contribution >= 0.6 is 0 Å². The van der Waals surface area contributed by atoms with Crippen LogP contribution in [0, 0.1) is 17.8 Å². The first-order chi connectivity index (χ1) is 17.9. The summed E-state index contributed by atoms with van der Waals surface area (Å²) in [6, 6.07) is 17.3. The minimum absolute atomic E-state index is 0.0999. The van der Waals surface area contributed by atoms with Crippen molar-refractivity contribution >= 4 is 30.6 Å². The average Bonchev–Trinajstić information content (AvgIpc) is 3.11. The normalized spacial score (nSPS) is 26.0. The third kappa shape index (κ3) is 4.90. The van der Waals surface area contributed by atoms with Crippen LogP contribution < -0.4 is 0 Å². The Bertz CT molecular complexity index is 1240. The van der Waals surface area contributed by atoms with E-state index >= 15 is 0 Å². The third-order valence-corrected chi connectivity index (χ3v) is 8.17. The Hall–Kier alpha value is -3.16. The average molecular weight is 499 g/mol. The second kappa shape index (κ2) is 10.7. The van der Waals surface area contributed by atoms with Crippen molar-refractivity contribution in [3.8, 4) is 5.75 Å². The van der Waals surface area contributed by atoms with Gasteiger partial charge in [-0.1, -0.05) is 67.4 Å². The van der Waals surface area contributed by atoms with Gasteiger partial charge in [-0.2, -0.15) is 0 Å². The van der Waals surface area contributed by atoms with Crippen molar-refractivity contribution < 1.29 is 24.4 Å². The number of nitrogens with zero attached hydrogens (tertiary/aromatic N) is 1.